The van der Waals surface area contributed by atoms with Crippen molar-refractivity contribution in [1.29, 1.82) is 0 Å². The summed E-state index contributed by atoms with van der Waals surface area (Å²) in [5, 5.41) is 21.2. The Balaban J connectivity index is 1.66. The zero-order valence-corrected chi connectivity index (χ0v) is 12.9. The van der Waals surface area contributed by atoms with E-state index in [4.69, 9.17) is 9.84 Å². The van der Waals surface area contributed by atoms with Gasteiger partial charge in [-0.3, -0.25) is 9.69 Å². The first-order valence-corrected chi connectivity index (χ1v) is 7.68. The van der Waals surface area contributed by atoms with Crippen molar-refractivity contribution >= 4 is 11.9 Å². The number of likely N-dealkylation sites (tertiary alicyclic amines) is 1. The Morgan fingerprint density at radius 1 is 1.39 bits per heavy atom. The van der Waals surface area contributed by atoms with Crippen LogP contribution in [0.3, 0.4) is 0 Å². The quantitative estimate of drug-likeness (QED) is 0.626. The van der Waals surface area contributed by atoms with Crippen LogP contribution in [0.2, 0.25) is 0 Å². The first-order chi connectivity index (χ1) is 11.0. The third kappa shape index (κ3) is 5.88. The summed E-state index contributed by atoms with van der Waals surface area (Å²) in [5.74, 6) is -0.659. The molecule has 1 saturated heterocycles. The van der Waals surface area contributed by atoms with Gasteiger partial charge in [-0.05, 0) is 37.6 Å². The predicted molar refractivity (Wildman–Crippen MR) is 83.6 cm³/mol. The first-order valence-electron chi connectivity index (χ1n) is 7.68. The number of nitrogens with zero attached hydrogens (tertiary/aromatic N) is 1. The molecule has 0 saturated carbocycles. The van der Waals surface area contributed by atoms with E-state index < -0.39 is 5.97 Å². The van der Waals surface area contributed by atoms with Crippen LogP contribution in [0.5, 0.6) is 5.75 Å². The molecule has 1 amide bonds. The van der Waals surface area contributed by atoms with Crippen LogP contribution in [-0.4, -0.2) is 65.9 Å². The van der Waals surface area contributed by atoms with Crippen molar-refractivity contribution in [2.45, 2.75) is 18.9 Å². The van der Waals surface area contributed by atoms with E-state index in [0.717, 1.165) is 19.4 Å². The molecule has 0 aliphatic carbocycles. The van der Waals surface area contributed by atoms with Gasteiger partial charge in [0.1, 0.15) is 12.4 Å². The number of hydrogen-bond acceptors (Lipinski definition) is 5. The molecule has 7 nitrogen and oxygen atoms in total. The number of benzene rings is 1. The van der Waals surface area contributed by atoms with Crippen LogP contribution in [-0.2, 0) is 4.79 Å². The molecule has 1 atom stereocenters. The summed E-state index contributed by atoms with van der Waals surface area (Å²) in [4.78, 5) is 24.6. The van der Waals surface area contributed by atoms with E-state index in [1.54, 1.807) is 12.1 Å². The zero-order chi connectivity index (χ0) is 16.7. The topological polar surface area (TPSA) is 99.1 Å². The molecule has 1 aliphatic heterocycles. The van der Waals surface area contributed by atoms with Gasteiger partial charge in [0, 0.05) is 6.54 Å². The molecule has 1 aromatic carbocycles. The lowest BCUT2D eigenvalue weighted by molar-refractivity contribution is -0.123. The minimum absolute atomic E-state index is 0.109. The molecular weight excluding hydrogens is 300 g/mol. The van der Waals surface area contributed by atoms with Crippen LogP contribution in [0, 0.1) is 0 Å². The molecule has 0 spiro atoms. The van der Waals surface area contributed by atoms with Crippen molar-refractivity contribution in [2.24, 2.45) is 0 Å². The van der Waals surface area contributed by atoms with Gasteiger partial charge in [-0.25, -0.2) is 4.79 Å². The normalized spacial score (nSPS) is 18.4. The highest BCUT2D eigenvalue weighted by molar-refractivity contribution is 5.88. The van der Waals surface area contributed by atoms with Crippen molar-refractivity contribution in [1.82, 2.24) is 10.2 Å². The van der Waals surface area contributed by atoms with Crippen molar-refractivity contribution < 1.29 is 24.5 Å². The minimum atomic E-state index is -1.01. The second kappa shape index (κ2) is 8.50. The third-order valence-electron chi connectivity index (χ3n) is 3.62. The number of carbonyl (C=O) groups excluding carboxylic acids is 1. The third-order valence-corrected chi connectivity index (χ3v) is 3.62. The summed E-state index contributed by atoms with van der Waals surface area (Å²) in [6.07, 6.45) is 1.35. The van der Waals surface area contributed by atoms with Gasteiger partial charge in [0.05, 0.1) is 24.8 Å². The molecule has 126 valence electrons. The van der Waals surface area contributed by atoms with E-state index in [0.29, 0.717) is 18.8 Å². The molecule has 1 fully saturated rings. The van der Waals surface area contributed by atoms with E-state index in [1.807, 2.05) is 4.90 Å². The summed E-state index contributed by atoms with van der Waals surface area (Å²) in [7, 11) is 0. The van der Waals surface area contributed by atoms with Gasteiger partial charge in [0.2, 0.25) is 5.91 Å². The molecule has 1 aromatic rings. The van der Waals surface area contributed by atoms with E-state index >= 15 is 0 Å². The fourth-order valence-corrected chi connectivity index (χ4v) is 2.51. The molecule has 2 rings (SSSR count). The predicted octanol–water partition coefficient (Wildman–Crippen LogP) is 0.337. The molecule has 1 heterocycles. The summed E-state index contributed by atoms with van der Waals surface area (Å²) in [5.41, 5.74) is 0.162. The van der Waals surface area contributed by atoms with Crippen LogP contribution in [0.4, 0.5) is 0 Å². The van der Waals surface area contributed by atoms with Crippen LogP contribution in [0.15, 0.2) is 24.3 Å². The minimum Gasteiger partial charge on any atom is -0.492 e. The average molecular weight is 322 g/mol. The first kappa shape index (κ1) is 17.2. The number of aliphatic hydroxyl groups excluding tert-OH is 1. The number of piperidine rings is 1. The second-order valence-corrected chi connectivity index (χ2v) is 5.56. The lowest BCUT2D eigenvalue weighted by atomic mass is 10.1. The van der Waals surface area contributed by atoms with Crippen molar-refractivity contribution in [3.8, 4) is 5.75 Å². The fraction of sp³-hybridized carbons (Fsp3) is 0.500. The number of aromatic carboxylic acids is 1. The van der Waals surface area contributed by atoms with Crippen LogP contribution in [0.25, 0.3) is 0 Å². The number of ether oxygens (including phenoxy) is 1. The Bertz CT molecular complexity index is 549. The number of carboxylic acid groups (broad SMARTS) is 1. The summed E-state index contributed by atoms with van der Waals surface area (Å²) in [6, 6.07) is 6.21. The highest BCUT2D eigenvalue weighted by Crippen LogP contribution is 2.13. The van der Waals surface area contributed by atoms with Gasteiger partial charge in [0.25, 0.3) is 0 Å². The Hall–Kier alpha value is -2.12. The number of rotatable bonds is 7. The van der Waals surface area contributed by atoms with Gasteiger partial charge in [-0.15, -0.1) is 0 Å². The second-order valence-electron chi connectivity index (χ2n) is 5.56. The van der Waals surface area contributed by atoms with E-state index in [1.165, 1.54) is 12.1 Å². The number of nitrogens with one attached hydrogen (secondary N) is 1. The van der Waals surface area contributed by atoms with Gasteiger partial charge in [-0.2, -0.15) is 0 Å². The fourth-order valence-electron chi connectivity index (χ4n) is 2.51. The molecule has 0 bridgehead atoms. The van der Waals surface area contributed by atoms with Crippen molar-refractivity contribution in [3.63, 3.8) is 0 Å². The van der Waals surface area contributed by atoms with E-state index in [9.17, 15) is 14.7 Å². The highest BCUT2D eigenvalue weighted by Gasteiger charge is 2.19. The summed E-state index contributed by atoms with van der Waals surface area (Å²) >= 11 is 0. The van der Waals surface area contributed by atoms with Gasteiger partial charge in [0.15, 0.2) is 0 Å². The largest absolute Gasteiger partial charge is 0.492 e. The number of β-amino-alcohol motifs (C(OH)–C–C–N with tert-alkyl or cyclic N) is 1. The molecule has 0 aromatic heterocycles. The smallest absolute Gasteiger partial charge is 0.335 e. The highest BCUT2D eigenvalue weighted by atomic mass is 16.5. The van der Waals surface area contributed by atoms with Gasteiger partial charge < -0.3 is 20.3 Å². The molecule has 3 N–H and O–H groups in total. The molecule has 0 radical (unpaired) electrons. The average Bonchev–Trinajstić information content (AvgIpc) is 2.52. The molecule has 1 aliphatic rings. The van der Waals surface area contributed by atoms with Crippen LogP contribution in [0.1, 0.15) is 23.2 Å². The molecule has 7 heteroatoms. The van der Waals surface area contributed by atoms with Crippen LogP contribution < -0.4 is 10.1 Å². The van der Waals surface area contributed by atoms with Gasteiger partial charge >= 0.3 is 5.97 Å². The standard InChI is InChI=1S/C16H22N2O5/c19-13-4-2-7-18(10-13)11-15(20)17-6-8-23-14-5-1-3-12(9-14)16(21)22/h1,3,5,9,13,19H,2,4,6-8,10-11H2,(H,17,20)(H,21,22)/t13-/m0/s1. The zero-order valence-electron chi connectivity index (χ0n) is 12.9. The Kier molecular flexibility index (Phi) is 6.37. The Morgan fingerprint density at radius 3 is 2.96 bits per heavy atom. The lowest BCUT2D eigenvalue weighted by Gasteiger charge is -2.29. The molecule has 0 unspecified atom stereocenters. The van der Waals surface area contributed by atoms with E-state index in [-0.39, 0.29) is 30.7 Å². The number of carboxylic acids is 1. The summed E-state index contributed by atoms with van der Waals surface area (Å²) < 4.78 is 5.42. The maximum absolute atomic E-state index is 11.8. The Labute approximate surface area is 134 Å². The van der Waals surface area contributed by atoms with E-state index in [2.05, 4.69) is 5.32 Å². The number of amides is 1. The molecular formula is C16H22N2O5. The van der Waals surface area contributed by atoms with Crippen molar-refractivity contribution in [2.75, 3.05) is 32.8 Å². The summed E-state index contributed by atoms with van der Waals surface area (Å²) in [6.45, 7) is 2.23. The number of carbonyl (C=O) groups is 2. The lowest BCUT2D eigenvalue weighted by Crippen LogP contribution is -2.44. The Morgan fingerprint density at radius 2 is 2.22 bits per heavy atom. The molecule has 23 heavy (non-hydrogen) atoms. The van der Waals surface area contributed by atoms with Crippen LogP contribution >= 0.6 is 0 Å². The monoisotopic (exact) mass is 322 g/mol. The maximum Gasteiger partial charge on any atom is 0.335 e. The van der Waals surface area contributed by atoms with Crippen molar-refractivity contribution in [3.05, 3.63) is 29.8 Å². The number of aliphatic hydroxyl groups is 1. The SMILES string of the molecule is O=C(CN1CCC[C@H](O)C1)NCCOc1cccc(C(=O)O)c1. The van der Waals surface area contributed by atoms with Gasteiger partial charge in [-0.1, -0.05) is 6.07 Å². The number of hydrogen-bond donors (Lipinski definition) is 3. The maximum atomic E-state index is 11.8.